The molecule has 4 heteroatoms. The van der Waals surface area contributed by atoms with E-state index in [1.54, 1.807) is 0 Å². The lowest BCUT2D eigenvalue weighted by Crippen LogP contribution is -2.30. The number of amides is 1. The number of nitrogens with one attached hydrogen (secondary N) is 2. The number of hydrogen-bond acceptors (Lipinski definition) is 3. The van der Waals surface area contributed by atoms with Gasteiger partial charge in [0.25, 0.3) is 5.91 Å². The molecule has 1 unspecified atom stereocenters. The van der Waals surface area contributed by atoms with Crippen LogP contribution in [0.1, 0.15) is 69.2 Å². The number of fused-ring (bicyclic) bond motifs is 1. The number of benzene rings is 1. The minimum absolute atomic E-state index is 0.0675. The largest absolute Gasteiger partial charge is 0.390 e. The van der Waals surface area contributed by atoms with Crippen LogP contribution in [0.5, 0.6) is 0 Å². The molecule has 2 rings (SSSR count). The van der Waals surface area contributed by atoms with E-state index in [0.29, 0.717) is 5.92 Å². The van der Waals surface area contributed by atoms with Crippen molar-refractivity contribution >= 4 is 5.91 Å². The van der Waals surface area contributed by atoms with Gasteiger partial charge in [-0.2, -0.15) is 5.26 Å². The number of nitriles is 1. The first-order valence-corrected chi connectivity index (χ1v) is 9.81. The van der Waals surface area contributed by atoms with E-state index in [1.165, 1.54) is 30.2 Å². The molecule has 0 bridgehead atoms. The van der Waals surface area contributed by atoms with Crippen LogP contribution in [-0.2, 0) is 17.6 Å². The Morgan fingerprint density at radius 3 is 2.65 bits per heavy atom. The fourth-order valence-electron chi connectivity index (χ4n) is 3.32. The van der Waals surface area contributed by atoms with Crippen LogP contribution in [0.2, 0.25) is 0 Å². The van der Waals surface area contributed by atoms with Crippen LogP contribution >= 0.6 is 0 Å². The molecule has 0 heterocycles. The van der Waals surface area contributed by atoms with Crippen LogP contribution in [0, 0.1) is 17.2 Å². The molecule has 1 amide bonds. The summed E-state index contributed by atoms with van der Waals surface area (Å²) in [5.74, 6) is 0.276. The topological polar surface area (TPSA) is 64.9 Å². The Bertz CT molecular complexity index is 685. The predicted molar refractivity (Wildman–Crippen MR) is 105 cm³/mol. The number of carbonyl (C=O) groups is 1. The van der Waals surface area contributed by atoms with E-state index in [2.05, 4.69) is 49.6 Å². The van der Waals surface area contributed by atoms with Crippen molar-refractivity contribution in [3.8, 4) is 6.07 Å². The van der Waals surface area contributed by atoms with Gasteiger partial charge in [-0.3, -0.25) is 4.79 Å². The van der Waals surface area contributed by atoms with E-state index in [1.807, 2.05) is 6.07 Å². The third kappa shape index (κ3) is 5.62. The average molecular weight is 354 g/mol. The van der Waals surface area contributed by atoms with Crippen molar-refractivity contribution in [3.63, 3.8) is 0 Å². The molecule has 4 nitrogen and oxygen atoms in total. The summed E-state index contributed by atoms with van der Waals surface area (Å²) in [6.07, 6.45) is 8.12. The van der Waals surface area contributed by atoms with E-state index in [0.717, 1.165) is 37.8 Å². The summed E-state index contributed by atoms with van der Waals surface area (Å²) in [4.78, 5) is 12.5. The maximum Gasteiger partial charge on any atom is 0.263 e. The Kier molecular flexibility index (Phi) is 7.72. The van der Waals surface area contributed by atoms with Gasteiger partial charge in [0, 0.05) is 12.7 Å². The van der Waals surface area contributed by atoms with Gasteiger partial charge in [-0.15, -0.1) is 0 Å². The van der Waals surface area contributed by atoms with Gasteiger partial charge in [-0.1, -0.05) is 39.0 Å². The van der Waals surface area contributed by atoms with E-state index < -0.39 is 0 Å². The third-order valence-corrected chi connectivity index (χ3v) is 4.97. The Balaban J connectivity index is 2.02. The maximum atomic E-state index is 12.5. The molecule has 0 radical (unpaired) electrons. The highest BCUT2D eigenvalue weighted by Crippen LogP contribution is 2.26. The van der Waals surface area contributed by atoms with Gasteiger partial charge in [0.2, 0.25) is 0 Å². The van der Waals surface area contributed by atoms with Crippen LogP contribution in [0.25, 0.3) is 0 Å². The van der Waals surface area contributed by atoms with Gasteiger partial charge in [0.15, 0.2) is 0 Å². The van der Waals surface area contributed by atoms with E-state index in [9.17, 15) is 10.1 Å². The van der Waals surface area contributed by atoms with Crippen molar-refractivity contribution in [2.75, 3.05) is 6.54 Å². The van der Waals surface area contributed by atoms with Crippen LogP contribution in [0.3, 0.4) is 0 Å². The SMILES string of the molecule is CCC(NC(=O)/C(C#N)=C\NCCC(C)C)c1ccc2c(c1)CCCC2. The normalized spacial score (nSPS) is 15.1. The first kappa shape index (κ1) is 20.0. The molecule has 0 saturated heterocycles. The second kappa shape index (κ2) is 10.0. The first-order chi connectivity index (χ1) is 12.5. The predicted octanol–water partition coefficient (Wildman–Crippen LogP) is 4.18. The summed E-state index contributed by atoms with van der Waals surface area (Å²) in [6, 6.07) is 8.50. The van der Waals surface area contributed by atoms with Crippen LogP contribution in [0.4, 0.5) is 0 Å². The molecule has 0 spiro atoms. The van der Waals surface area contributed by atoms with E-state index in [4.69, 9.17) is 0 Å². The maximum absolute atomic E-state index is 12.5. The summed E-state index contributed by atoms with van der Waals surface area (Å²) >= 11 is 0. The van der Waals surface area contributed by atoms with Crippen molar-refractivity contribution in [1.82, 2.24) is 10.6 Å². The number of nitrogens with zero attached hydrogens (tertiary/aromatic N) is 1. The summed E-state index contributed by atoms with van der Waals surface area (Å²) in [5, 5.41) is 15.4. The minimum Gasteiger partial charge on any atom is -0.390 e. The molecule has 1 aromatic carbocycles. The second-order valence-electron chi connectivity index (χ2n) is 7.48. The highest BCUT2D eigenvalue weighted by atomic mass is 16.1. The second-order valence-corrected chi connectivity index (χ2v) is 7.48. The molecule has 1 aromatic rings. The van der Waals surface area contributed by atoms with Crippen LogP contribution in [-0.4, -0.2) is 12.5 Å². The minimum atomic E-state index is -0.311. The monoisotopic (exact) mass is 353 g/mol. The highest BCUT2D eigenvalue weighted by molar-refractivity contribution is 5.97. The fourth-order valence-corrected chi connectivity index (χ4v) is 3.32. The summed E-state index contributed by atoms with van der Waals surface area (Å²) in [5.41, 5.74) is 4.11. The molecule has 0 fully saturated rings. The third-order valence-electron chi connectivity index (χ3n) is 4.97. The van der Waals surface area contributed by atoms with E-state index >= 15 is 0 Å². The van der Waals surface area contributed by atoms with Gasteiger partial charge in [0.1, 0.15) is 11.6 Å². The lowest BCUT2D eigenvalue weighted by atomic mass is 9.88. The number of carbonyl (C=O) groups excluding carboxylic acids is 1. The fraction of sp³-hybridized carbons (Fsp3) is 0.545. The van der Waals surface area contributed by atoms with Gasteiger partial charge in [-0.05, 0) is 61.1 Å². The smallest absolute Gasteiger partial charge is 0.263 e. The van der Waals surface area contributed by atoms with Crippen molar-refractivity contribution in [3.05, 3.63) is 46.7 Å². The number of rotatable bonds is 8. The zero-order valence-corrected chi connectivity index (χ0v) is 16.3. The zero-order chi connectivity index (χ0) is 18.9. The lowest BCUT2D eigenvalue weighted by Gasteiger charge is -2.21. The Morgan fingerprint density at radius 1 is 1.27 bits per heavy atom. The first-order valence-electron chi connectivity index (χ1n) is 9.81. The molecular weight excluding hydrogens is 322 g/mol. The molecule has 2 N–H and O–H groups in total. The van der Waals surface area contributed by atoms with Crippen molar-refractivity contribution < 1.29 is 4.79 Å². The molecule has 1 atom stereocenters. The van der Waals surface area contributed by atoms with Crippen LogP contribution in [0.15, 0.2) is 30.0 Å². The zero-order valence-electron chi connectivity index (χ0n) is 16.3. The van der Waals surface area contributed by atoms with Gasteiger partial charge in [-0.25, -0.2) is 0 Å². The van der Waals surface area contributed by atoms with Crippen molar-refractivity contribution in [1.29, 1.82) is 5.26 Å². The summed E-state index contributed by atoms with van der Waals surface area (Å²) < 4.78 is 0. The molecular formula is C22H31N3O. The molecule has 0 aliphatic heterocycles. The Morgan fingerprint density at radius 2 is 2.00 bits per heavy atom. The van der Waals surface area contributed by atoms with Gasteiger partial charge >= 0.3 is 0 Å². The molecule has 140 valence electrons. The molecule has 26 heavy (non-hydrogen) atoms. The molecule has 1 aliphatic rings. The quantitative estimate of drug-likeness (QED) is 0.419. The molecule has 0 aromatic heterocycles. The van der Waals surface area contributed by atoms with Crippen molar-refractivity contribution in [2.24, 2.45) is 5.92 Å². The number of hydrogen-bond donors (Lipinski definition) is 2. The Labute approximate surface area is 157 Å². The number of aryl methyl sites for hydroxylation is 2. The summed E-state index contributed by atoms with van der Waals surface area (Å²) in [6.45, 7) is 7.11. The van der Waals surface area contributed by atoms with E-state index in [-0.39, 0.29) is 17.5 Å². The molecule has 0 saturated carbocycles. The average Bonchev–Trinajstić information content (AvgIpc) is 2.65. The Hall–Kier alpha value is -2.28. The summed E-state index contributed by atoms with van der Waals surface area (Å²) in [7, 11) is 0. The highest BCUT2D eigenvalue weighted by Gasteiger charge is 2.18. The van der Waals surface area contributed by atoms with Crippen LogP contribution < -0.4 is 10.6 Å². The van der Waals surface area contributed by atoms with Gasteiger partial charge < -0.3 is 10.6 Å². The van der Waals surface area contributed by atoms with Gasteiger partial charge in [0.05, 0.1) is 6.04 Å². The van der Waals surface area contributed by atoms with Crippen molar-refractivity contribution in [2.45, 2.75) is 65.3 Å². The molecule has 1 aliphatic carbocycles. The lowest BCUT2D eigenvalue weighted by molar-refractivity contribution is -0.117. The standard InChI is InChI=1S/C22H31N3O/c1-4-21(19-10-9-17-7-5-6-8-18(17)13-19)25-22(26)20(14-23)15-24-12-11-16(2)3/h9-10,13,15-16,21,24H,4-8,11-12H2,1-3H3,(H,25,26)/b20-15-.